The molecule has 1 aliphatic heterocycles. The van der Waals surface area contributed by atoms with Crippen LogP contribution in [-0.2, 0) is 28.4 Å². The van der Waals surface area contributed by atoms with Gasteiger partial charge in [-0.15, -0.1) is 12.4 Å². The van der Waals surface area contributed by atoms with Crippen molar-refractivity contribution in [3.05, 3.63) is 106 Å². The third kappa shape index (κ3) is 7.08. The van der Waals surface area contributed by atoms with Crippen LogP contribution in [0.15, 0.2) is 60.7 Å². The summed E-state index contributed by atoms with van der Waals surface area (Å²) in [5.41, 5.74) is 5.57. The molecule has 1 aliphatic carbocycles. The predicted octanol–water partition coefficient (Wildman–Crippen LogP) is 4.60. The summed E-state index contributed by atoms with van der Waals surface area (Å²) in [5, 5.41) is 2.98. The second-order valence-corrected chi connectivity index (χ2v) is 12.6. The molecule has 1 fully saturated rings. The van der Waals surface area contributed by atoms with Crippen LogP contribution in [0.4, 0.5) is 14.5 Å². The molecule has 40 heavy (non-hydrogen) atoms. The van der Waals surface area contributed by atoms with Gasteiger partial charge in [-0.05, 0) is 78.5 Å². The zero-order valence-electron chi connectivity index (χ0n) is 22.4. The van der Waals surface area contributed by atoms with Crippen molar-refractivity contribution in [3.63, 3.8) is 0 Å². The molecule has 3 aromatic carbocycles. The Morgan fingerprint density at radius 3 is 2.30 bits per heavy atom. The second kappa shape index (κ2) is 12.1. The topological polar surface area (TPSA) is 69.7 Å². The largest absolute Gasteiger partial charge is 0.369 e. The molecule has 3 aromatic rings. The number of sulfone groups is 1. The minimum Gasteiger partial charge on any atom is -0.369 e. The van der Waals surface area contributed by atoms with Gasteiger partial charge < -0.3 is 15.1 Å². The summed E-state index contributed by atoms with van der Waals surface area (Å²) < 4.78 is 51.8. The Hall–Kier alpha value is -3.27. The van der Waals surface area contributed by atoms with Crippen molar-refractivity contribution in [2.45, 2.75) is 18.6 Å². The average Bonchev–Trinajstić information content (AvgIpc) is 3.24. The smallest absolute Gasteiger partial charge is 0.255 e. The van der Waals surface area contributed by atoms with E-state index in [0.29, 0.717) is 35.2 Å². The van der Waals surface area contributed by atoms with Crippen molar-refractivity contribution < 1.29 is 22.0 Å². The molecule has 0 saturated carbocycles. The van der Waals surface area contributed by atoms with Gasteiger partial charge in [0.2, 0.25) is 0 Å². The monoisotopic (exact) mass is 587 g/mol. The van der Waals surface area contributed by atoms with E-state index in [9.17, 15) is 22.0 Å². The lowest BCUT2D eigenvalue weighted by Gasteiger charge is -2.34. The maximum absolute atomic E-state index is 13.7. The number of amides is 1. The first kappa shape index (κ1) is 29.7. The van der Waals surface area contributed by atoms with E-state index in [2.05, 4.69) is 22.2 Å². The van der Waals surface area contributed by atoms with E-state index in [1.165, 1.54) is 18.4 Å². The van der Waals surface area contributed by atoms with Gasteiger partial charge in [0, 0.05) is 61.0 Å². The van der Waals surface area contributed by atoms with Gasteiger partial charge in [-0.3, -0.25) is 4.79 Å². The minimum atomic E-state index is -3.38. The number of carbonyl (C=O) groups is 1. The number of nitrogens with one attached hydrogen (secondary N) is 1. The molecule has 6 nitrogen and oxygen atoms in total. The summed E-state index contributed by atoms with van der Waals surface area (Å²) in [5.74, 6) is -1.86. The Morgan fingerprint density at radius 1 is 0.925 bits per heavy atom. The van der Waals surface area contributed by atoms with E-state index in [1.54, 1.807) is 6.07 Å². The number of rotatable bonds is 7. The molecular weight excluding hydrogens is 556 g/mol. The second-order valence-electron chi connectivity index (χ2n) is 10.4. The summed E-state index contributed by atoms with van der Waals surface area (Å²) in [6.45, 7) is 3.48. The Balaban J connectivity index is 0.00000370. The minimum absolute atomic E-state index is 0. The van der Waals surface area contributed by atoms with Crippen LogP contribution in [0, 0.1) is 11.6 Å². The summed E-state index contributed by atoms with van der Waals surface area (Å²) in [4.78, 5) is 17.9. The number of allylic oxidation sites excluding steroid dienone is 1. The van der Waals surface area contributed by atoms with Gasteiger partial charge in [-0.2, -0.15) is 0 Å². The molecule has 0 unspecified atom stereocenters. The third-order valence-electron chi connectivity index (χ3n) is 7.19. The average molecular weight is 588 g/mol. The highest BCUT2D eigenvalue weighted by atomic mass is 35.5. The van der Waals surface area contributed by atoms with Crippen molar-refractivity contribution in [2.75, 3.05) is 44.4 Å². The molecule has 212 valence electrons. The van der Waals surface area contributed by atoms with Crippen LogP contribution in [0.1, 0.15) is 38.2 Å². The van der Waals surface area contributed by atoms with Gasteiger partial charge >= 0.3 is 0 Å². The van der Waals surface area contributed by atoms with Crippen molar-refractivity contribution in [2.24, 2.45) is 0 Å². The van der Waals surface area contributed by atoms with Gasteiger partial charge in [0.05, 0.1) is 5.75 Å². The number of carbonyl (C=O) groups excluding carboxylic acids is 1. The molecule has 10 heteroatoms. The van der Waals surface area contributed by atoms with Crippen molar-refractivity contribution in [3.8, 4) is 0 Å². The van der Waals surface area contributed by atoms with E-state index < -0.39 is 21.5 Å². The molecule has 2 aliphatic rings. The standard InChI is InChI=1S/C30H31F2N3O3S.ClH/c1-34-9-11-35(12-10-34)26-6-7-27(23(17-26)19-39(2,37)38)30(36)33-29-8-5-22-4-3-20(16-28(22)29)13-21-14-24(31)18-25(32)15-21;/h3-4,6-8,14-18H,5,9-13,19H2,1-2H3,(H,33,36);1H. The van der Waals surface area contributed by atoms with Gasteiger partial charge in [-0.1, -0.05) is 18.2 Å². The predicted molar refractivity (Wildman–Crippen MR) is 157 cm³/mol. The van der Waals surface area contributed by atoms with Crippen LogP contribution in [0.2, 0.25) is 0 Å². The zero-order chi connectivity index (χ0) is 27.7. The lowest BCUT2D eigenvalue weighted by molar-refractivity contribution is 0.0973. The first-order valence-electron chi connectivity index (χ1n) is 12.9. The number of hydrogen-bond donors (Lipinski definition) is 1. The van der Waals surface area contributed by atoms with E-state index in [-0.39, 0.29) is 24.1 Å². The highest BCUT2D eigenvalue weighted by Crippen LogP contribution is 2.29. The lowest BCUT2D eigenvalue weighted by atomic mass is 9.99. The van der Waals surface area contributed by atoms with Crippen LogP contribution in [0.5, 0.6) is 0 Å². The van der Waals surface area contributed by atoms with Gasteiger partial charge in [0.25, 0.3) is 5.91 Å². The first-order valence-corrected chi connectivity index (χ1v) is 14.9. The molecular formula is C30H32ClF2N3O3S. The number of nitrogens with zero attached hydrogens (tertiary/aromatic N) is 2. The van der Waals surface area contributed by atoms with E-state index in [4.69, 9.17) is 0 Å². The van der Waals surface area contributed by atoms with E-state index in [1.807, 2.05) is 36.4 Å². The van der Waals surface area contributed by atoms with Crippen LogP contribution in [0.25, 0.3) is 5.70 Å². The molecule has 0 atom stereocenters. The fourth-order valence-electron chi connectivity index (χ4n) is 5.21. The highest BCUT2D eigenvalue weighted by molar-refractivity contribution is 7.89. The van der Waals surface area contributed by atoms with Gasteiger partial charge in [0.1, 0.15) is 11.6 Å². The number of piperazine rings is 1. The van der Waals surface area contributed by atoms with Crippen molar-refractivity contribution in [1.29, 1.82) is 0 Å². The quantitative estimate of drug-likeness (QED) is 0.438. The maximum atomic E-state index is 13.7. The Labute approximate surface area is 240 Å². The molecule has 0 aromatic heterocycles. The number of halogens is 3. The molecule has 0 spiro atoms. The fraction of sp³-hybridized carbons (Fsp3) is 0.300. The molecule has 1 saturated heterocycles. The summed E-state index contributed by atoms with van der Waals surface area (Å²) >= 11 is 0. The van der Waals surface area contributed by atoms with Crippen LogP contribution in [0.3, 0.4) is 0 Å². The van der Waals surface area contributed by atoms with E-state index in [0.717, 1.165) is 54.6 Å². The molecule has 0 bridgehead atoms. The number of likely N-dealkylation sites (N-methyl/N-ethyl adjacent to an activating group) is 1. The summed E-state index contributed by atoms with van der Waals surface area (Å²) in [6.07, 6.45) is 4.07. The number of fused-ring (bicyclic) bond motifs is 1. The molecule has 1 heterocycles. The molecule has 1 N–H and O–H groups in total. The summed E-state index contributed by atoms with van der Waals surface area (Å²) in [7, 11) is -1.31. The lowest BCUT2D eigenvalue weighted by Crippen LogP contribution is -2.44. The van der Waals surface area contributed by atoms with Crippen molar-refractivity contribution >= 4 is 39.5 Å². The molecule has 0 radical (unpaired) electrons. The third-order valence-corrected chi connectivity index (χ3v) is 8.02. The molecule has 1 amide bonds. The van der Waals surface area contributed by atoms with Crippen LogP contribution < -0.4 is 10.2 Å². The SMILES string of the molecule is CN1CCN(c2ccc(C(=O)NC3=CCc4ccc(Cc5cc(F)cc(F)c5)cc43)c(CS(C)(=O)=O)c2)CC1.Cl. The van der Waals surface area contributed by atoms with Crippen LogP contribution in [-0.4, -0.2) is 58.7 Å². The summed E-state index contributed by atoms with van der Waals surface area (Å²) in [6, 6.07) is 14.7. The first-order chi connectivity index (χ1) is 18.5. The Bertz CT molecular complexity index is 1550. The fourth-order valence-corrected chi connectivity index (χ4v) is 6.01. The Morgan fingerprint density at radius 2 is 1.62 bits per heavy atom. The molecule has 5 rings (SSSR count). The van der Waals surface area contributed by atoms with Gasteiger partial charge in [0.15, 0.2) is 9.84 Å². The number of benzene rings is 3. The number of hydrogen-bond acceptors (Lipinski definition) is 5. The van der Waals surface area contributed by atoms with Crippen molar-refractivity contribution in [1.82, 2.24) is 10.2 Å². The zero-order valence-corrected chi connectivity index (χ0v) is 24.0. The normalized spacial score (nSPS) is 15.3. The van der Waals surface area contributed by atoms with Crippen LogP contribution >= 0.6 is 12.4 Å². The highest BCUT2D eigenvalue weighted by Gasteiger charge is 2.22. The van der Waals surface area contributed by atoms with Gasteiger partial charge in [-0.25, -0.2) is 17.2 Å². The Kier molecular flexibility index (Phi) is 8.97. The van der Waals surface area contributed by atoms with E-state index >= 15 is 0 Å². The number of anilines is 1. The maximum Gasteiger partial charge on any atom is 0.255 e.